The van der Waals surface area contributed by atoms with Crippen molar-refractivity contribution in [1.82, 2.24) is 5.32 Å². The Bertz CT molecular complexity index is 367. The number of phenolic OH excluding ortho intramolecular Hbond substituents is 1. The van der Waals surface area contributed by atoms with E-state index in [2.05, 4.69) is 10.3 Å². The third-order valence-corrected chi connectivity index (χ3v) is 2.15. The van der Waals surface area contributed by atoms with Crippen LogP contribution in [0.2, 0.25) is 0 Å². The predicted molar refractivity (Wildman–Crippen MR) is 67.1 cm³/mol. The molecule has 5 nitrogen and oxygen atoms in total. The van der Waals surface area contributed by atoms with Gasteiger partial charge >= 0.3 is 0 Å². The van der Waals surface area contributed by atoms with Crippen LogP contribution in [0.15, 0.2) is 23.2 Å². The van der Waals surface area contributed by atoms with E-state index in [4.69, 9.17) is 9.84 Å². The van der Waals surface area contributed by atoms with E-state index in [1.165, 1.54) is 7.11 Å². The highest BCUT2D eigenvalue weighted by atomic mass is 16.5. The van der Waals surface area contributed by atoms with Crippen molar-refractivity contribution in [2.45, 2.75) is 0 Å². The molecule has 17 heavy (non-hydrogen) atoms. The second-order valence-electron chi connectivity index (χ2n) is 3.44. The third-order valence-electron chi connectivity index (χ3n) is 2.15. The predicted octanol–water partition coefficient (Wildman–Crippen LogP) is 0.402. The summed E-state index contributed by atoms with van der Waals surface area (Å²) < 4.78 is 4.99. The molecule has 0 saturated heterocycles. The highest BCUT2D eigenvalue weighted by Crippen LogP contribution is 2.25. The number of nitrogens with one attached hydrogen (secondary N) is 1. The topological polar surface area (TPSA) is 74.1 Å². The fourth-order valence-corrected chi connectivity index (χ4v) is 1.29. The van der Waals surface area contributed by atoms with E-state index >= 15 is 0 Å². The maximum absolute atomic E-state index is 9.40. The quantitative estimate of drug-likeness (QED) is 0.475. The monoisotopic (exact) mass is 238 g/mol. The Hall–Kier alpha value is -1.59. The van der Waals surface area contributed by atoms with Crippen molar-refractivity contribution < 1.29 is 14.9 Å². The van der Waals surface area contributed by atoms with Crippen molar-refractivity contribution in [2.75, 3.05) is 33.4 Å². The number of aliphatic hydroxyl groups is 1. The Morgan fingerprint density at radius 2 is 2.24 bits per heavy atom. The van der Waals surface area contributed by atoms with Crippen LogP contribution in [0.1, 0.15) is 5.56 Å². The van der Waals surface area contributed by atoms with Crippen molar-refractivity contribution in [2.24, 2.45) is 4.99 Å². The van der Waals surface area contributed by atoms with Crippen LogP contribution in [0.4, 0.5) is 0 Å². The van der Waals surface area contributed by atoms with Gasteiger partial charge in [0, 0.05) is 19.3 Å². The molecular formula is C12H18N2O3. The lowest BCUT2D eigenvalue weighted by Gasteiger charge is -2.03. The van der Waals surface area contributed by atoms with E-state index in [0.717, 1.165) is 12.1 Å². The fraction of sp³-hybridized carbons (Fsp3) is 0.417. The van der Waals surface area contributed by atoms with E-state index < -0.39 is 0 Å². The van der Waals surface area contributed by atoms with Crippen molar-refractivity contribution in [3.05, 3.63) is 23.8 Å². The van der Waals surface area contributed by atoms with Gasteiger partial charge in [-0.25, -0.2) is 0 Å². The van der Waals surface area contributed by atoms with Gasteiger partial charge in [0.15, 0.2) is 11.5 Å². The fourth-order valence-electron chi connectivity index (χ4n) is 1.29. The molecule has 0 atom stereocenters. The zero-order valence-corrected chi connectivity index (χ0v) is 9.89. The summed E-state index contributed by atoms with van der Waals surface area (Å²) in [5, 5.41) is 21.0. The number of benzene rings is 1. The lowest BCUT2D eigenvalue weighted by Crippen LogP contribution is -2.21. The number of hydrogen-bond donors (Lipinski definition) is 3. The van der Waals surface area contributed by atoms with Crippen LogP contribution in [-0.4, -0.2) is 49.8 Å². The van der Waals surface area contributed by atoms with E-state index in [1.807, 2.05) is 0 Å². The van der Waals surface area contributed by atoms with Crippen LogP contribution in [0.3, 0.4) is 0 Å². The molecule has 0 aromatic heterocycles. The summed E-state index contributed by atoms with van der Waals surface area (Å²) in [6.45, 7) is 2.09. The van der Waals surface area contributed by atoms with Gasteiger partial charge in [-0.15, -0.1) is 0 Å². The van der Waals surface area contributed by atoms with Gasteiger partial charge in [-0.1, -0.05) is 0 Å². The zero-order valence-electron chi connectivity index (χ0n) is 9.89. The van der Waals surface area contributed by atoms with Crippen LogP contribution < -0.4 is 10.1 Å². The van der Waals surface area contributed by atoms with Crippen molar-refractivity contribution >= 4 is 6.21 Å². The van der Waals surface area contributed by atoms with Gasteiger partial charge in [-0.2, -0.15) is 0 Å². The number of ether oxygens (including phenoxy) is 1. The summed E-state index contributed by atoms with van der Waals surface area (Å²) in [7, 11) is 1.51. The molecule has 0 aliphatic rings. The van der Waals surface area contributed by atoms with Crippen LogP contribution in [0, 0.1) is 0 Å². The molecule has 0 saturated carbocycles. The molecule has 1 rings (SSSR count). The molecule has 0 fully saturated rings. The van der Waals surface area contributed by atoms with Gasteiger partial charge < -0.3 is 20.3 Å². The van der Waals surface area contributed by atoms with E-state index in [9.17, 15) is 5.11 Å². The summed E-state index contributed by atoms with van der Waals surface area (Å²) in [6.07, 6.45) is 1.72. The minimum Gasteiger partial charge on any atom is -0.504 e. The Labute approximate surface area is 101 Å². The van der Waals surface area contributed by atoms with Gasteiger partial charge in [-0.05, 0) is 23.8 Å². The number of phenols is 1. The first-order chi connectivity index (χ1) is 8.27. The standard InChI is InChI=1S/C12H18N2O3/c1-17-12-8-10(2-3-11(12)16)9-14-5-4-13-6-7-15/h2-3,8-9,13,15-16H,4-7H2,1H3. The van der Waals surface area contributed by atoms with E-state index in [0.29, 0.717) is 18.8 Å². The van der Waals surface area contributed by atoms with Crippen LogP contribution in [0.5, 0.6) is 11.5 Å². The van der Waals surface area contributed by atoms with Crippen LogP contribution >= 0.6 is 0 Å². The first-order valence-corrected chi connectivity index (χ1v) is 5.46. The molecular weight excluding hydrogens is 220 g/mol. The van der Waals surface area contributed by atoms with Gasteiger partial charge in [0.25, 0.3) is 0 Å². The molecule has 0 amide bonds. The maximum Gasteiger partial charge on any atom is 0.161 e. The Morgan fingerprint density at radius 1 is 1.41 bits per heavy atom. The number of nitrogens with zero attached hydrogens (tertiary/aromatic N) is 1. The number of aliphatic imine (C=N–C) groups is 1. The van der Waals surface area contributed by atoms with Crippen LogP contribution in [0.25, 0.3) is 0 Å². The Morgan fingerprint density at radius 3 is 2.94 bits per heavy atom. The second kappa shape index (κ2) is 7.65. The van der Waals surface area contributed by atoms with Gasteiger partial charge in [0.05, 0.1) is 20.3 Å². The molecule has 5 heteroatoms. The lowest BCUT2D eigenvalue weighted by molar-refractivity contribution is 0.293. The number of aliphatic hydroxyl groups excluding tert-OH is 1. The zero-order chi connectivity index (χ0) is 12.5. The molecule has 0 heterocycles. The van der Waals surface area contributed by atoms with Gasteiger partial charge in [-0.3, -0.25) is 4.99 Å². The molecule has 1 aromatic rings. The number of aromatic hydroxyl groups is 1. The summed E-state index contributed by atoms with van der Waals surface area (Å²) in [6, 6.07) is 5.06. The van der Waals surface area contributed by atoms with Crippen molar-refractivity contribution in [3.8, 4) is 11.5 Å². The molecule has 0 unspecified atom stereocenters. The average Bonchev–Trinajstić information content (AvgIpc) is 2.35. The summed E-state index contributed by atoms with van der Waals surface area (Å²) in [4.78, 5) is 4.21. The van der Waals surface area contributed by atoms with Crippen molar-refractivity contribution in [3.63, 3.8) is 0 Å². The highest BCUT2D eigenvalue weighted by Gasteiger charge is 2.00. The van der Waals surface area contributed by atoms with Gasteiger partial charge in [0.2, 0.25) is 0 Å². The van der Waals surface area contributed by atoms with E-state index in [-0.39, 0.29) is 12.4 Å². The van der Waals surface area contributed by atoms with Crippen LogP contribution in [-0.2, 0) is 0 Å². The lowest BCUT2D eigenvalue weighted by atomic mass is 10.2. The molecule has 0 bridgehead atoms. The number of methoxy groups -OCH3 is 1. The summed E-state index contributed by atoms with van der Waals surface area (Å²) >= 11 is 0. The second-order valence-corrected chi connectivity index (χ2v) is 3.44. The molecule has 0 radical (unpaired) electrons. The van der Waals surface area contributed by atoms with E-state index in [1.54, 1.807) is 24.4 Å². The molecule has 3 N–H and O–H groups in total. The number of hydrogen-bond acceptors (Lipinski definition) is 5. The number of rotatable bonds is 7. The smallest absolute Gasteiger partial charge is 0.161 e. The highest BCUT2D eigenvalue weighted by molar-refractivity contribution is 5.80. The first-order valence-electron chi connectivity index (χ1n) is 5.46. The molecule has 0 spiro atoms. The minimum atomic E-state index is 0.120. The Balaban J connectivity index is 2.42. The SMILES string of the molecule is COc1cc(C=NCCNCCO)ccc1O. The maximum atomic E-state index is 9.40. The average molecular weight is 238 g/mol. The molecule has 1 aromatic carbocycles. The minimum absolute atomic E-state index is 0.120. The summed E-state index contributed by atoms with van der Waals surface area (Å²) in [5.74, 6) is 0.557. The molecule has 0 aliphatic heterocycles. The van der Waals surface area contributed by atoms with Crippen molar-refractivity contribution in [1.29, 1.82) is 0 Å². The molecule has 94 valence electrons. The normalized spacial score (nSPS) is 10.9. The molecule has 0 aliphatic carbocycles. The summed E-state index contributed by atoms with van der Waals surface area (Å²) in [5.41, 5.74) is 0.877. The third kappa shape index (κ3) is 4.84. The Kier molecular flexibility index (Phi) is 6.06. The van der Waals surface area contributed by atoms with Gasteiger partial charge in [0.1, 0.15) is 0 Å². The largest absolute Gasteiger partial charge is 0.504 e. The first kappa shape index (κ1) is 13.5.